The van der Waals surface area contributed by atoms with Gasteiger partial charge in [-0.2, -0.15) is 0 Å². The molecule has 0 bridgehead atoms. The molecule has 1 aromatic carbocycles. The molecule has 0 aromatic heterocycles. The van der Waals surface area contributed by atoms with E-state index in [0.29, 0.717) is 13.4 Å². The molecule has 0 aliphatic carbocycles. The van der Waals surface area contributed by atoms with Crippen LogP contribution in [0.1, 0.15) is 43.2 Å². The van der Waals surface area contributed by atoms with E-state index in [4.69, 9.17) is 9.47 Å². The Morgan fingerprint density at radius 2 is 2.00 bits per heavy atom. The normalized spacial score (nSPS) is 13.9. The van der Waals surface area contributed by atoms with Crippen LogP contribution < -0.4 is 0 Å². The Balaban J connectivity index is 2.69. The minimum Gasteiger partial charge on any atom is -0.392 e. The average molecular weight is 278 g/mol. The Hall–Kier alpha value is -1.16. The van der Waals surface area contributed by atoms with Gasteiger partial charge in [-0.3, -0.25) is 0 Å². The van der Waals surface area contributed by atoms with Crippen LogP contribution in [0.3, 0.4) is 0 Å². The zero-order valence-corrected chi connectivity index (χ0v) is 12.5. The Bertz CT molecular complexity index is 372. The molecule has 1 N–H and O–H groups in total. The van der Waals surface area contributed by atoms with E-state index in [9.17, 15) is 5.11 Å². The summed E-state index contributed by atoms with van der Waals surface area (Å²) in [5.41, 5.74) is 2.26. The number of hydrogen-bond acceptors (Lipinski definition) is 3. The van der Waals surface area contributed by atoms with Crippen LogP contribution in [0.25, 0.3) is 0 Å². The second kappa shape index (κ2) is 9.70. The SMILES string of the molecule is C=CC[C@H](c1ccc(COCOC)cc1)[C@H](O)CCC. The molecule has 1 rings (SSSR count). The van der Waals surface area contributed by atoms with Crippen LogP contribution in [-0.4, -0.2) is 25.1 Å². The third kappa shape index (κ3) is 5.45. The molecule has 3 nitrogen and oxygen atoms in total. The second-order valence-corrected chi connectivity index (χ2v) is 4.98. The number of rotatable bonds is 10. The van der Waals surface area contributed by atoms with Crippen molar-refractivity contribution in [1.29, 1.82) is 0 Å². The molecule has 0 heterocycles. The van der Waals surface area contributed by atoms with E-state index in [1.165, 1.54) is 0 Å². The summed E-state index contributed by atoms with van der Waals surface area (Å²) >= 11 is 0. The molecule has 2 atom stereocenters. The summed E-state index contributed by atoms with van der Waals surface area (Å²) in [6, 6.07) is 8.22. The van der Waals surface area contributed by atoms with Gasteiger partial charge >= 0.3 is 0 Å². The minimum atomic E-state index is -0.311. The van der Waals surface area contributed by atoms with Crippen molar-refractivity contribution in [2.24, 2.45) is 0 Å². The van der Waals surface area contributed by atoms with Gasteiger partial charge in [0.25, 0.3) is 0 Å². The van der Waals surface area contributed by atoms with Crippen molar-refractivity contribution in [1.82, 2.24) is 0 Å². The fourth-order valence-electron chi connectivity index (χ4n) is 2.30. The maximum Gasteiger partial charge on any atom is 0.146 e. The monoisotopic (exact) mass is 278 g/mol. The van der Waals surface area contributed by atoms with Crippen LogP contribution in [0.5, 0.6) is 0 Å². The molecule has 0 spiro atoms. The van der Waals surface area contributed by atoms with Gasteiger partial charge in [0.05, 0.1) is 12.7 Å². The summed E-state index contributed by atoms with van der Waals surface area (Å²) < 4.78 is 10.2. The lowest BCUT2D eigenvalue weighted by molar-refractivity contribution is -0.0390. The maximum atomic E-state index is 10.2. The van der Waals surface area contributed by atoms with E-state index in [1.807, 2.05) is 18.2 Å². The Morgan fingerprint density at radius 1 is 1.30 bits per heavy atom. The number of aliphatic hydroxyl groups is 1. The first kappa shape index (κ1) is 16.9. The van der Waals surface area contributed by atoms with Gasteiger partial charge in [0.2, 0.25) is 0 Å². The highest BCUT2D eigenvalue weighted by Crippen LogP contribution is 2.27. The summed E-state index contributed by atoms with van der Waals surface area (Å²) in [6.07, 6.45) is 4.16. The van der Waals surface area contributed by atoms with Gasteiger partial charge < -0.3 is 14.6 Å². The van der Waals surface area contributed by atoms with Crippen molar-refractivity contribution >= 4 is 0 Å². The summed E-state index contributed by atoms with van der Waals surface area (Å²) in [5, 5.41) is 10.2. The number of hydrogen-bond donors (Lipinski definition) is 1. The molecule has 0 aliphatic rings. The molecule has 20 heavy (non-hydrogen) atoms. The van der Waals surface area contributed by atoms with Crippen molar-refractivity contribution in [2.45, 2.75) is 44.8 Å². The molecule has 112 valence electrons. The molecule has 3 heteroatoms. The lowest BCUT2D eigenvalue weighted by Crippen LogP contribution is -2.18. The molecule has 0 aliphatic heterocycles. The van der Waals surface area contributed by atoms with Crippen molar-refractivity contribution in [2.75, 3.05) is 13.9 Å². The summed E-state index contributed by atoms with van der Waals surface area (Å²) in [7, 11) is 1.61. The molecule has 1 aromatic rings. The van der Waals surface area contributed by atoms with E-state index in [2.05, 4.69) is 25.6 Å². The van der Waals surface area contributed by atoms with Gasteiger partial charge in [-0.25, -0.2) is 0 Å². The van der Waals surface area contributed by atoms with Crippen molar-refractivity contribution in [3.8, 4) is 0 Å². The number of benzene rings is 1. The quantitative estimate of drug-likeness (QED) is 0.403. The van der Waals surface area contributed by atoms with Gasteiger partial charge in [0.15, 0.2) is 0 Å². The summed E-state index contributed by atoms with van der Waals surface area (Å²) in [6.45, 7) is 6.72. The molecule has 0 unspecified atom stereocenters. The van der Waals surface area contributed by atoms with E-state index in [1.54, 1.807) is 7.11 Å². The fourth-order valence-corrected chi connectivity index (χ4v) is 2.30. The Morgan fingerprint density at radius 3 is 2.55 bits per heavy atom. The predicted octanol–water partition coefficient (Wildman–Crippen LogP) is 3.63. The second-order valence-electron chi connectivity index (χ2n) is 4.98. The lowest BCUT2D eigenvalue weighted by Gasteiger charge is -2.22. The molecule has 0 saturated carbocycles. The standard InChI is InChI=1S/C17H26O3/c1-4-6-16(17(18)7-5-2)15-10-8-14(9-11-15)12-20-13-19-3/h4,8-11,16-18H,1,5-7,12-13H2,2-3H3/t16-,17-/m1/s1. The van der Waals surface area contributed by atoms with Gasteiger partial charge in [-0.1, -0.05) is 43.7 Å². The highest BCUT2D eigenvalue weighted by Gasteiger charge is 2.19. The van der Waals surface area contributed by atoms with E-state index in [0.717, 1.165) is 30.4 Å². The van der Waals surface area contributed by atoms with E-state index < -0.39 is 0 Å². The molecule has 0 saturated heterocycles. The Kier molecular flexibility index (Phi) is 8.19. The van der Waals surface area contributed by atoms with Gasteiger partial charge in [-0.15, -0.1) is 6.58 Å². The van der Waals surface area contributed by atoms with Gasteiger partial charge in [0, 0.05) is 13.0 Å². The van der Waals surface area contributed by atoms with Gasteiger partial charge in [0.1, 0.15) is 6.79 Å². The highest BCUT2D eigenvalue weighted by atomic mass is 16.7. The number of aliphatic hydroxyl groups excluding tert-OH is 1. The van der Waals surface area contributed by atoms with Crippen LogP contribution in [0.2, 0.25) is 0 Å². The molecule has 0 radical (unpaired) electrons. The largest absolute Gasteiger partial charge is 0.392 e. The molecule has 0 fully saturated rings. The first-order valence-corrected chi connectivity index (χ1v) is 7.17. The zero-order valence-electron chi connectivity index (χ0n) is 12.5. The van der Waals surface area contributed by atoms with Crippen LogP contribution >= 0.6 is 0 Å². The number of ether oxygens (including phenoxy) is 2. The van der Waals surface area contributed by atoms with Crippen LogP contribution in [-0.2, 0) is 16.1 Å². The maximum absolute atomic E-state index is 10.2. The molecular weight excluding hydrogens is 252 g/mol. The van der Waals surface area contributed by atoms with Crippen LogP contribution in [0, 0.1) is 0 Å². The Labute approximate surface area is 122 Å². The molecule has 0 amide bonds. The van der Waals surface area contributed by atoms with Gasteiger partial charge in [-0.05, 0) is 24.0 Å². The third-order valence-corrected chi connectivity index (χ3v) is 3.35. The lowest BCUT2D eigenvalue weighted by atomic mass is 9.88. The van der Waals surface area contributed by atoms with Crippen molar-refractivity contribution in [3.63, 3.8) is 0 Å². The predicted molar refractivity (Wildman–Crippen MR) is 81.6 cm³/mol. The van der Waals surface area contributed by atoms with Crippen LogP contribution in [0.4, 0.5) is 0 Å². The first-order valence-electron chi connectivity index (χ1n) is 7.17. The van der Waals surface area contributed by atoms with Crippen molar-refractivity contribution in [3.05, 3.63) is 48.0 Å². The highest BCUT2D eigenvalue weighted by molar-refractivity contribution is 5.26. The minimum absolute atomic E-state index is 0.126. The average Bonchev–Trinajstić information content (AvgIpc) is 2.46. The fraction of sp³-hybridized carbons (Fsp3) is 0.529. The first-order chi connectivity index (χ1) is 9.72. The zero-order chi connectivity index (χ0) is 14.8. The summed E-state index contributed by atoms with van der Waals surface area (Å²) in [4.78, 5) is 0. The topological polar surface area (TPSA) is 38.7 Å². The van der Waals surface area contributed by atoms with Crippen LogP contribution in [0.15, 0.2) is 36.9 Å². The third-order valence-electron chi connectivity index (χ3n) is 3.35. The number of methoxy groups -OCH3 is 1. The molecular formula is C17H26O3. The van der Waals surface area contributed by atoms with Crippen molar-refractivity contribution < 1.29 is 14.6 Å². The number of allylic oxidation sites excluding steroid dienone is 1. The summed E-state index contributed by atoms with van der Waals surface area (Å²) in [5.74, 6) is 0.126. The van der Waals surface area contributed by atoms with E-state index in [-0.39, 0.29) is 12.0 Å². The smallest absolute Gasteiger partial charge is 0.146 e. The van der Waals surface area contributed by atoms with E-state index >= 15 is 0 Å².